The van der Waals surface area contributed by atoms with Crippen molar-refractivity contribution < 1.29 is 0 Å². The highest BCUT2D eigenvalue weighted by molar-refractivity contribution is 5.79. The Bertz CT molecular complexity index is 478. The van der Waals surface area contributed by atoms with Crippen molar-refractivity contribution in [2.24, 2.45) is 4.99 Å². The normalized spacial score (nSPS) is 12.1. The minimum absolute atomic E-state index is 0.590. The first-order valence-electron chi connectivity index (χ1n) is 9.89. The van der Waals surface area contributed by atoms with Crippen LogP contribution in [0.15, 0.2) is 29.4 Å². The summed E-state index contributed by atoms with van der Waals surface area (Å²) in [6.07, 6.45) is 5.11. The largest absolute Gasteiger partial charge is 0.370 e. The summed E-state index contributed by atoms with van der Waals surface area (Å²) >= 11 is 0. The Morgan fingerprint density at radius 2 is 1.65 bits per heavy atom. The topological polar surface area (TPSA) is 64.6 Å². The molecule has 0 aliphatic heterocycles. The fourth-order valence-corrected chi connectivity index (χ4v) is 2.94. The molecule has 3 N–H and O–H groups in total. The molecule has 0 spiro atoms. The number of rotatable bonds is 12. The molecule has 0 amide bonds. The lowest BCUT2D eigenvalue weighted by Gasteiger charge is -2.30. The first-order chi connectivity index (χ1) is 12.5. The van der Waals surface area contributed by atoms with Crippen LogP contribution < -0.4 is 16.0 Å². The van der Waals surface area contributed by atoms with Gasteiger partial charge in [-0.2, -0.15) is 0 Å². The average Bonchev–Trinajstić information content (AvgIpc) is 2.62. The number of hydrogen-bond acceptors (Lipinski definition) is 4. The van der Waals surface area contributed by atoms with Gasteiger partial charge in [-0.3, -0.25) is 9.89 Å². The molecule has 148 valence electrons. The van der Waals surface area contributed by atoms with Gasteiger partial charge < -0.3 is 16.0 Å². The van der Waals surface area contributed by atoms with Gasteiger partial charge in [0.25, 0.3) is 0 Å². The van der Waals surface area contributed by atoms with Gasteiger partial charge in [0.2, 0.25) is 0 Å². The summed E-state index contributed by atoms with van der Waals surface area (Å²) in [5.41, 5.74) is 0. The number of aliphatic imine (C=N–C) groups is 1. The zero-order valence-electron chi connectivity index (χ0n) is 17.3. The van der Waals surface area contributed by atoms with Crippen molar-refractivity contribution in [3.63, 3.8) is 0 Å². The van der Waals surface area contributed by atoms with Gasteiger partial charge in [-0.05, 0) is 59.1 Å². The van der Waals surface area contributed by atoms with Crippen LogP contribution in [0.5, 0.6) is 0 Å². The zero-order chi connectivity index (χ0) is 19.2. The van der Waals surface area contributed by atoms with E-state index in [0.717, 1.165) is 57.2 Å². The van der Waals surface area contributed by atoms with Gasteiger partial charge in [0.05, 0.1) is 0 Å². The molecule has 1 heterocycles. The molecule has 0 saturated carbocycles. The summed E-state index contributed by atoms with van der Waals surface area (Å²) in [5.74, 6) is 1.83. The van der Waals surface area contributed by atoms with Crippen molar-refractivity contribution in [1.82, 2.24) is 20.5 Å². The second kappa shape index (κ2) is 13.4. The van der Waals surface area contributed by atoms with Crippen LogP contribution in [0.4, 0.5) is 5.82 Å². The summed E-state index contributed by atoms with van der Waals surface area (Å²) < 4.78 is 0. The number of guanidine groups is 1. The van der Waals surface area contributed by atoms with Gasteiger partial charge in [-0.1, -0.05) is 6.07 Å². The lowest BCUT2D eigenvalue weighted by molar-refractivity contribution is 0.173. The van der Waals surface area contributed by atoms with Crippen LogP contribution >= 0.6 is 0 Å². The zero-order valence-corrected chi connectivity index (χ0v) is 17.3. The molecule has 0 radical (unpaired) electrons. The number of unbranched alkanes of at least 4 members (excludes halogenated alkanes) is 1. The molecule has 0 aliphatic carbocycles. The van der Waals surface area contributed by atoms with Crippen molar-refractivity contribution in [2.75, 3.05) is 38.5 Å². The molecule has 26 heavy (non-hydrogen) atoms. The minimum atomic E-state index is 0.590. The summed E-state index contributed by atoms with van der Waals surface area (Å²) in [5, 5.41) is 10.1. The molecular weight excluding hydrogens is 324 g/mol. The average molecular weight is 363 g/mol. The van der Waals surface area contributed by atoms with Gasteiger partial charge in [0.1, 0.15) is 5.82 Å². The van der Waals surface area contributed by atoms with Crippen molar-refractivity contribution >= 4 is 11.8 Å². The molecule has 0 aliphatic rings. The second-order valence-corrected chi connectivity index (χ2v) is 7.05. The SMILES string of the molecule is CN=C(NCCCCNc1ccccn1)NCCCN(C(C)C)C(C)C. The molecule has 6 heteroatoms. The van der Waals surface area contributed by atoms with Crippen molar-refractivity contribution in [3.05, 3.63) is 24.4 Å². The Kier molecular flexibility index (Phi) is 11.4. The van der Waals surface area contributed by atoms with Crippen LogP contribution in [0.25, 0.3) is 0 Å². The number of aromatic nitrogens is 1. The Labute approximate surface area is 159 Å². The predicted octanol–water partition coefficient (Wildman–Crippen LogP) is 2.95. The quantitative estimate of drug-likeness (QED) is 0.303. The molecule has 1 rings (SSSR count). The lowest BCUT2D eigenvalue weighted by atomic mass is 10.2. The molecule has 0 fully saturated rings. The van der Waals surface area contributed by atoms with Crippen molar-refractivity contribution in [2.45, 2.75) is 59.0 Å². The Balaban J connectivity index is 2.08. The van der Waals surface area contributed by atoms with Crippen LogP contribution in [0, 0.1) is 0 Å². The predicted molar refractivity (Wildman–Crippen MR) is 113 cm³/mol. The van der Waals surface area contributed by atoms with Gasteiger partial charge in [-0.25, -0.2) is 4.98 Å². The summed E-state index contributed by atoms with van der Waals surface area (Å²) in [7, 11) is 1.83. The van der Waals surface area contributed by atoms with E-state index in [1.165, 1.54) is 0 Å². The van der Waals surface area contributed by atoms with Crippen LogP contribution in [-0.4, -0.2) is 61.2 Å². The highest BCUT2D eigenvalue weighted by atomic mass is 15.2. The van der Waals surface area contributed by atoms with E-state index in [4.69, 9.17) is 0 Å². The maximum Gasteiger partial charge on any atom is 0.190 e. The third-order valence-electron chi connectivity index (χ3n) is 4.30. The monoisotopic (exact) mass is 362 g/mol. The standard InChI is InChI=1S/C20H38N6/c1-17(2)26(18(3)4)16-10-15-25-20(21-5)24-14-9-8-13-23-19-11-6-7-12-22-19/h6-7,11-12,17-18H,8-10,13-16H2,1-5H3,(H,22,23)(H2,21,24,25). The number of nitrogens with zero attached hydrogens (tertiary/aromatic N) is 3. The van der Waals surface area contributed by atoms with E-state index in [1.807, 2.05) is 25.2 Å². The second-order valence-electron chi connectivity index (χ2n) is 7.05. The molecule has 1 aromatic rings. The number of anilines is 1. The summed E-state index contributed by atoms with van der Waals surface area (Å²) in [6, 6.07) is 7.09. The number of pyridine rings is 1. The molecular formula is C20H38N6. The Morgan fingerprint density at radius 3 is 2.23 bits per heavy atom. The molecule has 0 bridgehead atoms. The highest BCUT2D eigenvalue weighted by Crippen LogP contribution is 2.05. The fourth-order valence-electron chi connectivity index (χ4n) is 2.94. The van der Waals surface area contributed by atoms with Crippen LogP contribution in [-0.2, 0) is 0 Å². The summed E-state index contributed by atoms with van der Waals surface area (Å²) in [6.45, 7) is 13.0. The van der Waals surface area contributed by atoms with E-state index in [-0.39, 0.29) is 0 Å². The van der Waals surface area contributed by atoms with Gasteiger partial charge in [0.15, 0.2) is 5.96 Å². The molecule has 6 nitrogen and oxygen atoms in total. The maximum atomic E-state index is 4.30. The van der Waals surface area contributed by atoms with Gasteiger partial charge >= 0.3 is 0 Å². The maximum absolute atomic E-state index is 4.30. The molecule has 0 saturated heterocycles. The fraction of sp³-hybridized carbons (Fsp3) is 0.700. The third-order valence-corrected chi connectivity index (χ3v) is 4.30. The number of hydrogen-bond donors (Lipinski definition) is 3. The number of nitrogens with one attached hydrogen (secondary N) is 3. The lowest BCUT2D eigenvalue weighted by Crippen LogP contribution is -2.41. The first-order valence-corrected chi connectivity index (χ1v) is 9.89. The first kappa shape index (κ1) is 22.2. The molecule has 0 unspecified atom stereocenters. The molecule has 0 atom stereocenters. The third kappa shape index (κ3) is 9.61. The van der Waals surface area contributed by atoms with E-state index in [0.29, 0.717) is 12.1 Å². The Morgan fingerprint density at radius 1 is 1.00 bits per heavy atom. The van der Waals surface area contributed by atoms with E-state index in [9.17, 15) is 0 Å². The molecule has 1 aromatic heterocycles. The summed E-state index contributed by atoms with van der Waals surface area (Å²) in [4.78, 5) is 11.1. The van der Waals surface area contributed by atoms with Crippen LogP contribution in [0.1, 0.15) is 47.0 Å². The van der Waals surface area contributed by atoms with Gasteiger partial charge in [0, 0.05) is 51.5 Å². The van der Waals surface area contributed by atoms with Gasteiger partial charge in [-0.15, -0.1) is 0 Å². The highest BCUT2D eigenvalue weighted by Gasteiger charge is 2.12. The van der Waals surface area contributed by atoms with Crippen molar-refractivity contribution in [1.29, 1.82) is 0 Å². The van der Waals surface area contributed by atoms with Crippen LogP contribution in [0.3, 0.4) is 0 Å². The van der Waals surface area contributed by atoms with Crippen molar-refractivity contribution in [3.8, 4) is 0 Å². The smallest absolute Gasteiger partial charge is 0.190 e. The van der Waals surface area contributed by atoms with E-state index in [1.54, 1.807) is 6.20 Å². The van der Waals surface area contributed by atoms with Crippen LogP contribution in [0.2, 0.25) is 0 Å². The Hall–Kier alpha value is -1.82. The molecule has 0 aromatic carbocycles. The van der Waals surface area contributed by atoms with E-state index < -0.39 is 0 Å². The minimum Gasteiger partial charge on any atom is -0.370 e. The van der Waals surface area contributed by atoms with E-state index >= 15 is 0 Å². The van der Waals surface area contributed by atoms with E-state index in [2.05, 4.69) is 58.5 Å².